The van der Waals surface area contributed by atoms with Crippen LogP contribution in [0.3, 0.4) is 0 Å². The van der Waals surface area contributed by atoms with Gasteiger partial charge in [0.25, 0.3) is 0 Å². The highest BCUT2D eigenvalue weighted by molar-refractivity contribution is 5.42. The first-order valence-corrected chi connectivity index (χ1v) is 5.74. The second-order valence-corrected chi connectivity index (χ2v) is 4.66. The van der Waals surface area contributed by atoms with E-state index in [1.54, 1.807) is 0 Å². The molecule has 4 heteroatoms. The predicted molar refractivity (Wildman–Crippen MR) is 57.8 cm³/mol. The molecule has 0 spiro atoms. The average molecular weight is 207 g/mol. The third-order valence-electron chi connectivity index (χ3n) is 3.41. The number of hydrogen-bond donors (Lipinski definition) is 1. The molecule has 1 atom stereocenters. The second-order valence-electron chi connectivity index (χ2n) is 4.66. The Bertz CT molecular complexity index is 370. The van der Waals surface area contributed by atoms with Gasteiger partial charge in [0.1, 0.15) is 12.0 Å². The molecule has 15 heavy (non-hydrogen) atoms. The number of fused-ring (bicyclic) bond motifs is 1. The van der Waals surface area contributed by atoms with Crippen molar-refractivity contribution >= 4 is 5.82 Å². The van der Waals surface area contributed by atoms with Gasteiger partial charge in [-0.1, -0.05) is 0 Å². The van der Waals surface area contributed by atoms with E-state index in [0.717, 1.165) is 25.2 Å². The van der Waals surface area contributed by atoms with Crippen LogP contribution in [0, 0.1) is 0 Å². The summed E-state index contributed by atoms with van der Waals surface area (Å²) in [4.78, 5) is 1.94. The van der Waals surface area contributed by atoms with Crippen LogP contribution in [0.1, 0.15) is 37.3 Å². The fraction of sp³-hybridized carbons (Fsp3) is 0.727. The van der Waals surface area contributed by atoms with Gasteiger partial charge in [0, 0.05) is 25.6 Å². The lowest BCUT2D eigenvalue weighted by atomic mass is 10.2. The van der Waals surface area contributed by atoms with E-state index in [1.807, 2.05) is 16.6 Å². The molecule has 1 unspecified atom stereocenters. The summed E-state index contributed by atoms with van der Waals surface area (Å²) >= 11 is 0. The topological polar surface area (TPSA) is 41.3 Å². The van der Waals surface area contributed by atoms with Crippen LogP contribution < -0.4 is 4.90 Å². The van der Waals surface area contributed by atoms with E-state index in [-0.39, 0.29) is 6.23 Å². The molecule has 0 amide bonds. The van der Waals surface area contributed by atoms with Crippen molar-refractivity contribution in [2.24, 2.45) is 0 Å². The summed E-state index contributed by atoms with van der Waals surface area (Å²) in [6.07, 6.45) is 4.05. The number of aliphatic hydroxyl groups excluding tert-OH is 1. The minimum atomic E-state index is -0.352. The molecule has 1 saturated carbocycles. The zero-order chi connectivity index (χ0) is 10.4. The van der Waals surface area contributed by atoms with E-state index in [9.17, 15) is 5.11 Å². The second kappa shape index (κ2) is 3.23. The van der Waals surface area contributed by atoms with Gasteiger partial charge in [-0.3, -0.25) is 0 Å². The zero-order valence-corrected chi connectivity index (χ0v) is 9.06. The van der Waals surface area contributed by atoms with E-state index in [0.29, 0.717) is 5.92 Å². The molecule has 1 aliphatic heterocycles. The molecule has 0 saturated heterocycles. The summed E-state index contributed by atoms with van der Waals surface area (Å²) < 4.78 is 2.05. The molecular formula is C11H17N3O. The summed E-state index contributed by atoms with van der Waals surface area (Å²) in [6, 6.07) is 2.15. The van der Waals surface area contributed by atoms with Gasteiger partial charge < -0.3 is 10.0 Å². The number of aliphatic hydroxyl groups is 1. The summed E-state index contributed by atoms with van der Waals surface area (Å²) in [5, 5.41) is 14.5. The van der Waals surface area contributed by atoms with Crippen molar-refractivity contribution in [2.75, 3.05) is 11.9 Å². The van der Waals surface area contributed by atoms with Gasteiger partial charge in [0.05, 0.1) is 5.69 Å². The maximum absolute atomic E-state index is 9.85. The van der Waals surface area contributed by atoms with Gasteiger partial charge in [-0.15, -0.1) is 0 Å². The van der Waals surface area contributed by atoms with Gasteiger partial charge in [-0.05, 0) is 25.7 Å². The maximum Gasteiger partial charge on any atom is 0.128 e. The van der Waals surface area contributed by atoms with E-state index in [4.69, 9.17) is 0 Å². The number of anilines is 1. The molecule has 1 fully saturated rings. The smallest absolute Gasteiger partial charge is 0.128 e. The third kappa shape index (κ3) is 1.53. The Labute approximate surface area is 89.5 Å². The van der Waals surface area contributed by atoms with Crippen LogP contribution in [0.15, 0.2) is 6.07 Å². The van der Waals surface area contributed by atoms with E-state index < -0.39 is 0 Å². The summed E-state index contributed by atoms with van der Waals surface area (Å²) in [5.41, 5.74) is 1.21. The third-order valence-corrected chi connectivity index (χ3v) is 3.41. The molecule has 1 N–H and O–H groups in total. The highest BCUT2D eigenvalue weighted by Crippen LogP contribution is 2.40. The standard InChI is InChI=1S/C11H17N3O/c1-13-10-7-9(8-4-5-8)12-14(10)6-2-3-11(13)15/h7-8,11,15H,2-6H2,1H3. The van der Waals surface area contributed by atoms with Crippen molar-refractivity contribution < 1.29 is 5.11 Å². The molecule has 2 aliphatic rings. The Kier molecular flexibility index (Phi) is 1.99. The molecule has 1 aromatic rings. The largest absolute Gasteiger partial charge is 0.374 e. The van der Waals surface area contributed by atoms with Crippen LogP contribution in [0.25, 0.3) is 0 Å². The van der Waals surface area contributed by atoms with Crippen molar-refractivity contribution in [3.05, 3.63) is 11.8 Å². The van der Waals surface area contributed by atoms with Crippen LogP contribution >= 0.6 is 0 Å². The number of nitrogens with zero attached hydrogens (tertiary/aromatic N) is 3. The number of aromatic nitrogens is 2. The quantitative estimate of drug-likeness (QED) is 0.755. The Morgan fingerprint density at radius 1 is 1.40 bits per heavy atom. The van der Waals surface area contributed by atoms with Crippen LogP contribution in [-0.4, -0.2) is 28.2 Å². The normalized spacial score (nSPS) is 26.3. The monoisotopic (exact) mass is 207 g/mol. The number of rotatable bonds is 1. The first-order valence-electron chi connectivity index (χ1n) is 5.74. The molecule has 0 aromatic carbocycles. The average Bonchev–Trinajstić information content (AvgIpc) is 3.00. The first-order chi connectivity index (χ1) is 7.25. The first kappa shape index (κ1) is 9.21. The highest BCUT2D eigenvalue weighted by atomic mass is 16.3. The molecular weight excluding hydrogens is 190 g/mol. The minimum Gasteiger partial charge on any atom is -0.374 e. The molecule has 3 rings (SSSR count). The van der Waals surface area contributed by atoms with Crippen molar-refractivity contribution in [3.8, 4) is 0 Å². The predicted octanol–water partition coefficient (Wildman–Crippen LogP) is 1.31. The van der Waals surface area contributed by atoms with Gasteiger partial charge in [0.2, 0.25) is 0 Å². The van der Waals surface area contributed by atoms with E-state index >= 15 is 0 Å². The fourth-order valence-corrected chi connectivity index (χ4v) is 2.22. The number of hydrogen-bond acceptors (Lipinski definition) is 3. The lowest BCUT2D eigenvalue weighted by Gasteiger charge is -2.22. The van der Waals surface area contributed by atoms with Crippen LogP contribution in [-0.2, 0) is 6.54 Å². The van der Waals surface area contributed by atoms with Crippen molar-refractivity contribution in [1.29, 1.82) is 0 Å². The summed E-state index contributed by atoms with van der Waals surface area (Å²) in [6.45, 7) is 0.934. The van der Waals surface area contributed by atoms with Gasteiger partial charge in [-0.25, -0.2) is 4.68 Å². The van der Waals surface area contributed by atoms with Gasteiger partial charge in [0.15, 0.2) is 0 Å². The van der Waals surface area contributed by atoms with Crippen LogP contribution in [0.5, 0.6) is 0 Å². The fourth-order valence-electron chi connectivity index (χ4n) is 2.22. The number of aryl methyl sites for hydroxylation is 1. The Balaban J connectivity index is 1.96. The molecule has 0 radical (unpaired) electrons. The highest BCUT2D eigenvalue weighted by Gasteiger charge is 2.29. The SMILES string of the molecule is CN1c2cc(C3CC3)nn2CCCC1O. The molecule has 82 valence electrons. The van der Waals surface area contributed by atoms with Crippen LogP contribution in [0.2, 0.25) is 0 Å². The maximum atomic E-state index is 9.85. The van der Waals surface area contributed by atoms with Gasteiger partial charge in [-0.2, -0.15) is 5.10 Å². The molecule has 0 bridgehead atoms. The van der Waals surface area contributed by atoms with Gasteiger partial charge >= 0.3 is 0 Å². The summed E-state index contributed by atoms with van der Waals surface area (Å²) in [7, 11) is 1.94. The molecule has 1 aromatic heterocycles. The Morgan fingerprint density at radius 2 is 2.20 bits per heavy atom. The van der Waals surface area contributed by atoms with Crippen LogP contribution in [0.4, 0.5) is 5.82 Å². The molecule has 2 heterocycles. The summed E-state index contributed by atoms with van der Waals surface area (Å²) in [5.74, 6) is 1.76. The minimum absolute atomic E-state index is 0.352. The van der Waals surface area contributed by atoms with Crippen molar-refractivity contribution in [2.45, 2.75) is 44.4 Å². The lowest BCUT2D eigenvalue weighted by Crippen LogP contribution is -2.30. The zero-order valence-electron chi connectivity index (χ0n) is 9.06. The van der Waals surface area contributed by atoms with Crippen molar-refractivity contribution in [3.63, 3.8) is 0 Å². The Hall–Kier alpha value is -1.03. The van der Waals surface area contributed by atoms with Crippen molar-refractivity contribution in [1.82, 2.24) is 9.78 Å². The molecule has 4 nitrogen and oxygen atoms in total. The lowest BCUT2D eigenvalue weighted by molar-refractivity contribution is 0.165. The Morgan fingerprint density at radius 3 is 2.93 bits per heavy atom. The molecule has 1 aliphatic carbocycles. The van der Waals surface area contributed by atoms with E-state index in [2.05, 4.69) is 11.2 Å². The van der Waals surface area contributed by atoms with E-state index in [1.165, 1.54) is 18.5 Å².